The summed E-state index contributed by atoms with van der Waals surface area (Å²) in [6.07, 6.45) is 1.01. The van der Waals surface area contributed by atoms with Crippen LogP contribution in [0.5, 0.6) is 0 Å². The Morgan fingerprint density at radius 3 is 2.44 bits per heavy atom. The number of thiophene rings is 1. The molecule has 2 atom stereocenters. The van der Waals surface area contributed by atoms with E-state index in [-0.39, 0.29) is 11.5 Å². The van der Waals surface area contributed by atoms with Crippen molar-refractivity contribution in [3.8, 4) is 0 Å². The van der Waals surface area contributed by atoms with Gasteiger partial charge in [0.2, 0.25) is 0 Å². The molecule has 0 spiro atoms. The molecule has 0 bridgehead atoms. The zero-order valence-corrected chi connectivity index (χ0v) is 14.4. The predicted molar refractivity (Wildman–Crippen MR) is 85.0 cm³/mol. The maximum Gasteiger partial charge on any atom is 0.0701 e. The largest absolute Gasteiger partial charge is 0.326 e. The van der Waals surface area contributed by atoms with Crippen LogP contribution in [0, 0.1) is 5.41 Å². The standard InChI is InChI=1S/C14H25BrN2S/c1-6-11(16)13(14(2,3)4)17(5)8-10-7-12(15)18-9-10/h7,9,11,13H,6,8,16H2,1-5H3. The number of nitrogens with two attached hydrogens (primary N) is 1. The maximum absolute atomic E-state index is 6.31. The lowest BCUT2D eigenvalue weighted by Crippen LogP contribution is -2.52. The second-order valence-corrected chi connectivity index (χ2v) is 8.35. The van der Waals surface area contributed by atoms with Crippen molar-refractivity contribution in [3.63, 3.8) is 0 Å². The molecule has 0 aliphatic carbocycles. The Morgan fingerprint density at radius 2 is 2.06 bits per heavy atom. The Kier molecular flexibility index (Phi) is 5.84. The van der Waals surface area contributed by atoms with Crippen molar-refractivity contribution >= 4 is 27.3 Å². The van der Waals surface area contributed by atoms with Crippen molar-refractivity contribution in [3.05, 3.63) is 20.8 Å². The average Bonchev–Trinajstić information content (AvgIpc) is 2.61. The molecule has 2 nitrogen and oxygen atoms in total. The van der Waals surface area contributed by atoms with Gasteiger partial charge in [-0.25, -0.2) is 0 Å². The highest BCUT2D eigenvalue weighted by atomic mass is 79.9. The first-order valence-electron chi connectivity index (χ1n) is 6.44. The number of likely N-dealkylation sites (N-methyl/N-ethyl adjacent to an activating group) is 1. The average molecular weight is 333 g/mol. The van der Waals surface area contributed by atoms with Crippen LogP contribution in [0.15, 0.2) is 15.2 Å². The van der Waals surface area contributed by atoms with Gasteiger partial charge < -0.3 is 5.73 Å². The van der Waals surface area contributed by atoms with Crippen molar-refractivity contribution in [2.45, 2.75) is 52.7 Å². The summed E-state index contributed by atoms with van der Waals surface area (Å²) >= 11 is 5.26. The predicted octanol–water partition coefficient (Wildman–Crippen LogP) is 4.09. The van der Waals surface area contributed by atoms with Crippen LogP contribution in [-0.2, 0) is 6.54 Å². The minimum absolute atomic E-state index is 0.192. The van der Waals surface area contributed by atoms with Gasteiger partial charge in [-0.3, -0.25) is 4.90 Å². The molecular weight excluding hydrogens is 308 g/mol. The Bertz CT molecular complexity index is 370. The third-order valence-electron chi connectivity index (χ3n) is 3.29. The normalized spacial score (nSPS) is 16.0. The van der Waals surface area contributed by atoms with Gasteiger partial charge in [0.15, 0.2) is 0 Å². The topological polar surface area (TPSA) is 29.3 Å². The molecule has 0 aliphatic rings. The first-order valence-corrected chi connectivity index (χ1v) is 8.11. The number of hydrogen-bond acceptors (Lipinski definition) is 3. The minimum atomic E-state index is 0.192. The van der Waals surface area contributed by atoms with E-state index in [1.807, 2.05) is 0 Å². The Morgan fingerprint density at radius 1 is 1.44 bits per heavy atom. The molecule has 18 heavy (non-hydrogen) atoms. The molecule has 0 amide bonds. The second kappa shape index (κ2) is 6.51. The smallest absolute Gasteiger partial charge is 0.0701 e. The molecule has 1 heterocycles. The van der Waals surface area contributed by atoms with Crippen LogP contribution in [0.1, 0.15) is 39.7 Å². The summed E-state index contributed by atoms with van der Waals surface area (Å²) in [4.78, 5) is 2.39. The highest BCUT2D eigenvalue weighted by molar-refractivity contribution is 9.11. The fraction of sp³-hybridized carbons (Fsp3) is 0.714. The summed E-state index contributed by atoms with van der Waals surface area (Å²) in [6.45, 7) is 9.93. The van der Waals surface area contributed by atoms with E-state index in [4.69, 9.17) is 5.73 Å². The molecule has 1 aromatic rings. The van der Waals surface area contributed by atoms with Crippen molar-refractivity contribution < 1.29 is 0 Å². The van der Waals surface area contributed by atoms with Crippen LogP contribution in [0.3, 0.4) is 0 Å². The zero-order chi connectivity index (χ0) is 13.9. The van der Waals surface area contributed by atoms with Crippen LogP contribution in [-0.4, -0.2) is 24.0 Å². The lowest BCUT2D eigenvalue weighted by atomic mass is 9.80. The second-order valence-electron chi connectivity index (χ2n) is 6.06. The van der Waals surface area contributed by atoms with Gasteiger partial charge in [-0.2, -0.15) is 0 Å². The number of nitrogens with zero attached hydrogens (tertiary/aromatic N) is 1. The summed E-state index contributed by atoms with van der Waals surface area (Å²) in [5, 5.41) is 2.21. The molecule has 0 fully saturated rings. The van der Waals surface area contributed by atoms with E-state index in [0.29, 0.717) is 6.04 Å². The van der Waals surface area contributed by atoms with Crippen molar-refractivity contribution in [2.24, 2.45) is 11.1 Å². The zero-order valence-electron chi connectivity index (χ0n) is 12.0. The monoisotopic (exact) mass is 332 g/mol. The van der Waals surface area contributed by atoms with E-state index < -0.39 is 0 Å². The van der Waals surface area contributed by atoms with Crippen LogP contribution in [0.25, 0.3) is 0 Å². The first kappa shape index (κ1) is 16.2. The highest BCUT2D eigenvalue weighted by Gasteiger charge is 2.32. The third kappa shape index (κ3) is 4.34. The van der Waals surface area contributed by atoms with E-state index in [0.717, 1.165) is 13.0 Å². The van der Waals surface area contributed by atoms with Crippen LogP contribution in [0.2, 0.25) is 0 Å². The van der Waals surface area contributed by atoms with Gasteiger partial charge in [-0.1, -0.05) is 27.7 Å². The molecule has 2 unspecified atom stereocenters. The van der Waals surface area contributed by atoms with E-state index in [1.54, 1.807) is 11.3 Å². The van der Waals surface area contributed by atoms with Gasteiger partial charge in [0.05, 0.1) is 3.79 Å². The van der Waals surface area contributed by atoms with Gasteiger partial charge in [0.1, 0.15) is 0 Å². The van der Waals surface area contributed by atoms with Gasteiger partial charge in [0.25, 0.3) is 0 Å². The van der Waals surface area contributed by atoms with E-state index >= 15 is 0 Å². The van der Waals surface area contributed by atoms with E-state index in [9.17, 15) is 0 Å². The number of rotatable bonds is 5. The molecule has 0 radical (unpaired) electrons. The van der Waals surface area contributed by atoms with E-state index in [2.05, 4.69) is 67.0 Å². The summed E-state index contributed by atoms with van der Waals surface area (Å²) < 4.78 is 1.19. The molecule has 4 heteroatoms. The Hall–Kier alpha value is 0.100. The summed E-state index contributed by atoms with van der Waals surface area (Å²) in [6, 6.07) is 2.80. The lowest BCUT2D eigenvalue weighted by molar-refractivity contribution is 0.0940. The van der Waals surface area contributed by atoms with Gasteiger partial charge in [-0.05, 0) is 51.8 Å². The number of halogens is 1. The van der Waals surface area contributed by atoms with Crippen molar-refractivity contribution in [2.75, 3.05) is 7.05 Å². The van der Waals surface area contributed by atoms with Gasteiger partial charge >= 0.3 is 0 Å². The quantitative estimate of drug-likeness (QED) is 0.879. The van der Waals surface area contributed by atoms with Crippen molar-refractivity contribution in [1.29, 1.82) is 0 Å². The molecule has 0 aliphatic heterocycles. The minimum Gasteiger partial charge on any atom is -0.326 e. The molecule has 0 saturated heterocycles. The number of hydrogen-bond donors (Lipinski definition) is 1. The first-order chi connectivity index (χ1) is 8.25. The Balaban J connectivity index is 2.79. The van der Waals surface area contributed by atoms with Crippen molar-refractivity contribution in [1.82, 2.24) is 4.90 Å². The SMILES string of the molecule is CCC(N)C(N(C)Cc1csc(Br)c1)C(C)(C)C. The fourth-order valence-corrected chi connectivity index (χ4v) is 3.87. The molecule has 0 aromatic carbocycles. The molecule has 0 saturated carbocycles. The maximum atomic E-state index is 6.31. The summed E-state index contributed by atoms with van der Waals surface area (Å²) in [5.41, 5.74) is 7.86. The summed E-state index contributed by atoms with van der Waals surface area (Å²) in [7, 11) is 2.18. The summed E-state index contributed by atoms with van der Waals surface area (Å²) in [5.74, 6) is 0. The highest BCUT2D eigenvalue weighted by Crippen LogP contribution is 2.29. The fourth-order valence-electron chi connectivity index (χ4n) is 2.67. The lowest BCUT2D eigenvalue weighted by Gasteiger charge is -2.41. The molecule has 2 N–H and O–H groups in total. The van der Waals surface area contributed by atoms with Gasteiger partial charge in [0, 0.05) is 18.6 Å². The van der Waals surface area contributed by atoms with Crippen LogP contribution >= 0.6 is 27.3 Å². The van der Waals surface area contributed by atoms with Crippen LogP contribution in [0.4, 0.5) is 0 Å². The molecule has 1 rings (SSSR count). The van der Waals surface area contributed by atoms with E-state index in [1.165, 1.54) is 9.35 Å². The molecular formula is C14H25BrN2S. The molecule has 1 aromatic heterocycles. The third-order valence-corrected chi connectivity index (χ3v) is 4.85. The van der Waals surface area contributed by atoms with Gasteiger partial charge in [-0.15, -0.1) is 11.3 Å². The Labute approximate surface area is 124 Å². The molecule has 104 valence electrons. The van der Waals surface area contributed by atoms with Crippen LogP contribution < -0.4 is 5.73 Å².